The molecule has 0 aliphatic carbocycles. The lowest BCUT2D eigenvalue weighted by molar-refractivity contribution is -0.136. The van der Waals surface area contributed by atoms with E-state index in [9.17, 15) is 19.2 Å². The van der Waals surface area contributed by atoms with Crippen molar-refractivity contribution >= 4 is 34.5 Å². The minimum Gasteiger partial charge on any atom is -0.450 e. The zero-order valence-electron chi connectivity index (χ0n) is 18.8. The average molecular weight is 456 g/mol. The Morgan fingerprint density at radius 3 is 2.64 bits per heavy atom. The first-order valence-corrected chi connectivity index (χ1v) is 11.5. The van der Waals surface area contributed by atoms with E-state index >= 15 is 0 Å². The predicted molar refractivity (Wildman–Crippen MR) is 122 cm³/mol. The summed E-state index contributed by atoms with van der Waals surface area (Å²) in [6.45, 7) is 3.62. The number of ether oxygens (including phenoxy) is 1. The van der Waals surface area contributed by atoms with Crippen LogP contribution in [0.3, 0.4) is 0 Å². The van der Waals surface area contributed by atoms with E-state index in [0.29, 0.717) is 55.7 Å². The van der Waals surface area contributed by atoms with Crippen molar-refractivity contribution in [1.29, 1.82) is 0 Å². The predicted octanol–water partition coefficient (Wildman–Crippen LogP) is 1.80. The van der Waals surface area contributed by atoms with Gasteiger partial charge in [-0.25, -0.2) is 9.78 Å². The van der Waals surface area contributed by atoms with Crippen LogP contribution in [0, 0.1) is 0 Å². The largest absolute Gasteiger partial charge is 0.450 e. The lowest BCUT2D eigenvalue weighted by Gasteiger charge is -2.31. The van der Waals surface area contributed by atoms with Gasteiger partial charge in [-0.2, -0.15) is 0 Å². The zero-order valence-corrected chi connectivity index (χ0v) is 18.8. The van der Waals surface area contributed by atoms with Crippen LogP contribution < -0.4 is 16.2 Å². The van der Waals surface area contributed by atoms with Crippen molar-refractivity contribution in [2.75, 3.05) is 25.0 Å². The molecule has 1 fully saturated rings. The van der Waals surface area contributed by atoms with E-state index in [0.717, 1.165) is 31.5 Å². The second-order valence-electron chi connectivity index (χ2n) is 8.42. The lowest BCUT2D eigenvalue weighted by Crippen LogP contribution is -2.49. The highest BCUT2D eigenvalue weighted by molar-refractivity contribution is 6.39. The fraction of sp³-hybridized carbons (Fsp3) is 0.522. The maximum absolute atomic E-state index is 13.0. The molecule has 33 heavy (non-hydrogen) atoms. The van der Waals surface area contributed by atoms with Crippen LogP contribution in [0.15, 0.2) is 23.0 Å². The number of likely N-dealkylation sites (tertiary alicyclic amines) is 1. The van der Waals surface area contributed by atoms with Gasteiger partial charge in [-0.15, -0.1) is 0 Å². The molecule has 0 radical (unpaired) electrons. The molecule has 0 unspecified atom stereocenters. The van der Waals surface area contributed by atoms with Gasteiger partial charge in [0.05, 0.1) is 17.5 Å². The number of amides is 3. The van der Waals surface area contributed by atoms with E-state index in [1.807, 2.05) is 0 Å². The van der Waals surface area contributed by atoms with Gasteiger partial charge < -0.3 is 20.3 Å². The number of carbonyl (C=O) groups is 3. The molecule has 1 saturated heterocycles. The lowest BCUT2D eigenvalue weighted by atomic mass is 10.1. The van der Waals surface area contributed by atoms with Crippen LogP contribution in [0.1, 0.15) is 44.9 Å². The number of benzene rings is 1. The number of hydrogen-bond acceptors (Lipinski definition) is 6. The number of hydrogen-bond donors (Lipinski definition) is 2. The Hall–Kier alpha value is -3.43. The van der Waals surface area contributed by atoms with Crippen molar-refractivity contribution in [2.24, 2.45) is 0 Å². The Morgan fingerprint density at radius 1 is 1.09 bits per heavy atom. The molecule has 0 spiro atoms. The second-order valence-corrected chi connectivity index (χ2v) is 8.42. The second kappa shape index (κ2) is 10.0. The molecular weight excluding hydrogens is 426 g/mol. The van der Waals surface area contributed by atoms with Crippen LogP contribution in [0.2, 0.25) is 0 Å². The number of piperidine rings is 1. The quantitative estimate of drug-likeness (QED) is 0.681. The number of carbonyl (C=O) groups excluding carboxylic acids is 3. The third kappa shape index (κ3) is 5.15. The Morgan fingerprint density at radius 2 is 1.88 bits per heavy atom. The molecule has 0 bridgehead atoms. The highest BCUT2D eigenvalue weighted by Gasteiger charge is 2.26. The van der Waals surface area contributed by atoms with Gasteiger partial charge in [-0.05, 0) is 50.8 Å². The summed E-state index contributed by atoms with van der Waals surface area (Å²) in [4.78, 5) is 55.8. The fourth-order valence-corrected chi connectivity index (χ4v) is 4.36. The molecule has 10 heteroatoms. The van der Waals surface area contributed by atoms with Crippen molar-refractivity contribution < 1.29 is 19.1 Å². The monoisotopic (exact) mass is 455 g/mol. The molecule has 0 saturated carbocycles. The van der Waals surface area contributed by atoms with Gasteiger partial charge in [0.1, 0.15) is 5.82 Å². The van der Waals surface area contributed by atoms with Gasteiger partial charge in [-0.1, -0.05) is 6.42 Å². The van der Waals surface area contributed by atoms with Crippen molar-refractivity contribution in [1.82, 2.24) is 19.8 Å². The molecule has 1 aromatic carbocycles. The highest BCUT2D eigenvalue weighted by Crippen LogP contribution is 2.18. The van der Waals surface area contributed by atoms with Crippen LogP contribution in [-0.4, -0.2) is 58.1 Å². The summed E-state index contributed by atoms with van der Waals surface area (Å²) in [5, 5.41) is 5.72. The Balaban J connectivity index is 1.38. The third-order valence-electron chi connectivity index (χ3n) is 6.14. The number of aryl methyl sites for hydroxylation is 1. The van der Waals surface area contributed by atoms with Crippen LogP contribution in [-0.2, 0) is 27.3 Å². The summed E-state index contributed by atoms with van der Waals surface area (Å²) in [6.07, 6.45) is 4.53. The van der Waals surface area contributed by atoms with E-state index < -0.39 is 11.8 Å². The highest BCUT2D eigenvalue weighted by atomic mass is 16.6. The standard InChI is InChI=1S/C23H29N5O5/c1-2-33-23(32)27-12-9-15(10-13-27)24-20(29)21(30)25-16-7-8-18-17(14-16)22(31)28-11-5-3-4-6-19(28)26-18/h7-8,14-15H,2-6,9-13H2,1H3,(H,24,29)(H,25,30). The third-order valence-corrected chi connectivity index (χ3v) is 6.14. The van der Waals surface area contributed by atoms with Gasteiger partial charge in [0.25, 0.3) is 5.56 Å². The molecule has 2 N–H and O–H groups in total. The normalized spacial score (nSPS) is 16.6. The van der Waals surface area contributed by atoms with E-state index in [-0.39, 0.29) is 17.7 Å². The summed E-state index contributed by atoms with van der Waals surface area (Å²) in [6, 6.07) is 4.72. The van der Waals surface area contributed by atoms with Crippen LogP contribution >= 0.6 is 0 Å². The van der Waals surface area contributed by atoms with Gasteiger partial charge >= 0.3 is 17.9 Å². The first-order valence-electron chi connectivity index (χ1n) is 11.5. The summed E-state index contributed by atoms with van der Waals surface area (Å²) >= 11 is 0. The smallest absolute Gasteiger partial charge is 0.409 e. The summed E-state index contributed by atoms with van der Waals surface area (Å²) in [5.74, 6) is -0.749. The summed E-state index contributed by atoms with van der Waals surface area (Å²) in [5.41, 5.74) is 0.836. The molecule has 1 aromatic heterocycles. The number of nitrogens with zero attached hydrogens (tertiary/aromatic N) is 3. The van der Waals surface area contributed by atoms with Crippen molar-refractivity contribution in [3.05, 3.63) is 34.4 Å². The first kappa shape index (κ1) is 22.8. The topological polar surface area (TPSA) is 123 Å². The number of aromatic nitrogens is 2. The van der Waals surface area contributed by atoms with Crippen LogP contribution in [0.5, 0.6) is 0 Å². The number of fused-ring (bicyclic) bond motifs is 2. The SMILES string of the molecule is CCOC(=O)N1CCC(NC(=O)C(=O)Nc2ccc3nc4n(c(=O)c3c2)CCCCC4)CC1. The molecule has 176 valence electrons. The summed E-state index contributed by atoms with van der Waals surface area (Å²) < 4.78 is 6.70. The first-order chi connectivity index (χ1) is 16.0. The molecule has 2 aromatic rings. The van der Waals surface area contributed by atoms with E-state index in [2.05, 4.69) is 15.6 Å². The molecule has 10 nitrogen and oxygen atoms in total. The zero-order chi connectivity index (χ0) is 23.4. The van der Waals surface area contributed by atoms with Gasteiger partial charge in [0, 0.05) is 37.8 Å². The van der Waals surface area contributed by atoms with Gasteiger partial charge in [0.2, 0.25) is 0 Å². The molecule has 2 aliphatic rings. The average Bonchev–Trinajstić information content (AvgIpc) is 3.06. The maximum atomic E-state index is 13.0. The fourth-order valence-electron chi connectivity index (χ4n) is 4.36. The molecule has 2 aliphatic heterocycles. The van der Waals surface area contributed by atoms with E-state index in [1.165, 1.54) is 0 Å². The van der Waals surface area contributed by atoms with Gasteiger partial charge in [-0.3, -0.25) is 19.0 Å². The van der Waals surface area contributed by atoms with Gasteiger partial charge in [0.15, 0.2) is 0 Å². The van der Waals surface area contributed by atoms with Crippen LogP contribution in [0.25, 0.3) is 10.9 Å². The van der Waals surface area contributed by atoms with Crippen molar-refractivity contribution in [2.45, 2.75) is 58.0 Å². The van der Waals surface area contributed by atoms with Crippen molar-refractivity contribution in [3.8, 4) is 0 Å². The van der Waals surface area contributed by atoms with Crippen molar-refractivity contribution in [3.63, 3.8) is 0 Å². The Kier molecular flexibility index (Phi) is 6.90. The van der Waals surface area contributed by atoms with E-state index in [4.69, 9.17) is 4.74 Å². The molecule has 3 heterocycles. The Bertz CT molecular complexity index is 1120. The van der Waals surface area contributed by atoms with Crippen LogP contribution in [0.4, 0.5) is 10.5 Å². The number of rotatable bonds is 3. The van der Waals surface area contributed by atoms with E-state index in [1.54, 1.807) is 34.6 Å². The minimum absolute atomic E-state index is 0.120. The molecule has 0 atom stereocenters. The minimum atomic E-state index is -0.801. The molecule has 3 amide bonds. The maximum Gasteiger partial charge on any atom is 0.409 e. The number of anilines is 1. The number of nitrogens with one attached hydrogen (secondary N) is 2. The summed E-state index contributed by atoms with van der Waals surface area (Å²) in [7, 11) is 0. The Labute approximate surface area is 191 Å². The molecular formula is C23H29N5O5. The molecule has 4 rings (SSSR count).